The monoisotopic (exact) mass is 679 g/mol. The molecule has 1 aliphatic rings. The van der Waals surface area contributed by atoms with Crippen molar-refractivity contribution < 1.29 is 29.4 Å². The Balaban J connectivity index is 1.22. The Morgan fingerprint density at radius 2 is 1.22 bits per heavy atom. The zero-order valence-electron chi connectivity index (χ0n) is 28.6. The molecule has 1 heterocycles. The van der Waals surface area contributed by atoms with E-state index in [1.807, 2.05) is 60.7 Å². The van der Waals surface area contributed by atoms with Gasteiger partial charge < -0.3 is 19.9 Å². The van der Waals surface area contributed by atoms with Gasteiger partial charge in [0, 0.05) is 51.0 Å². The second-order valence-electron chi connectivity index (χ2n) is 13.0. The van der Waals surface area contributed by atoms with Gasteiger partial charge in [-0.1, -0.05) is 122 Å². The van der Waals surface area contributed by atoms with Gasteiger partial charge >= 0.3 is 0 Å². The lowest BCUT2D eigenvalue weighted by atomic mass is 9.99. The molecular weight excluding hydrogens is 630 g/mol. The highest BCUT2D eigenvalue weighted by Gasteiger charge is 2.33. The van der Waals surface area contributed by atoms with Crippen LogP contribution in [0.1, 0.15) is 90.7 Å². The molecule has 0 saturated carbocycles. The Hall–Kier alpha value is -4.38. The van der Waals surface area contributed by atoms with E-state index in [1.54, 1.807) is 5.48 Å². The van der Waals surface area contributed by atoms with Gasteiger partial charge in [-0.05, 0) is 40.7 Å². The maximum atomic E-state index is 12.4. The van der Waals surface area contributed by atoms with Crippen molar-refractivity contribution in [3.05, 3.63) is 143 Å². The van der Waals surface area contributed by atoms with E-state index in [0.29, 0.717) is 25.8 Å². The second-order valence-corrected chi connectivity index (χ2v) is 13.0. The fourth-order valence-corrected chi connectivity index (χ4v) is 6.25. The van der Waals surface area contributed by atoms with E-state index >= 15 is 0 Å². The maximum absolute atomic E-state index is 12.4. The van der Waals surface area contributed by atoms with Crippen molar-refractivity contribution in [3.63, 3.8) is 0 Å². The summed E-state index contributed by atoms with van der Waals surface area (Å²) in [6.45, 7) is 2.73. The third-order valence-corrected chi connectivity index (χ3v) is 9.00. The Kier molecular flexibility index (Phi) is 14.5. The van der Waals surface area contributed by atoms with E-state index in [1.165, 1.54) is 11.1 Å². The predicted molar refractivity (Wildman–Crippen MR) is 191 cm³/mol. The van der Waals surface area contributed by atoms with E-state index in [2.05, 4.69) is 58.7 Å². The Labute approximate surface area is 295 Å². The average Bonchev–Trinajstić information content (AvgIpc) is 3.16. The summed E-state index contributed by atoms with van der Waals surface area (Å²) in [5, 5.41) is 21.2. The molecule has 0 aromatic heterocycles. The summed E-state index contributed by atoms with van der Waals surface area (Å²) in [5.41, 5.74) is 7.93. The summed E-state index contributed by atoms with van der Waals surface area (Å²) in [7, 11) is 0. The van der Waals surface area contributed by atoms with Crippen LogP contribution in [-0.2, 0) is 45.3 Å². The van der Waals surface area contributed by atoms with E-state index in [0.717, 1.165) is 61.2 Å². The number of ether oxygens (including phenoxy) is 2. The quantitative estimate of drug-likeness (QED) is 0.0514. The van der Waals surface area contributed by atoms with Crippen LogP contribution in [0.4, 0.5) is 0 Å². The number of aliphatic hydroxyl groups excluding tert-OH is 1. The number of carbonyl (C=O) groups excluding carboxylic acids is 2. The van der Waals surface area contributed by atoms with Gasteiger partial charge in [0.2, 0.25) is 11.8 Å². The molecule has 2 amide bonds. The van der Waals surface area contributed by atoms with Crippen LogP contribution in [0.2, 0.25) is 0 Å². The molecular formula is C41H49N3O6. The normalized spacial score (nSPS) is 17.4. The van der Waals surface area contributed by atoms with Crippen molar-refractivity contribution in [3.8, 4) is 0 Å². The molecule has 0 spiro atoms. The van der Waals surface area contributed by atoms with Gasteiger partial charge in [0.05, 0.1) is 18.8 Å². The summed E-state index contributed by atoms with van der Waals surface area (Å²) in [5.74, 6) is -0.387. The molecule has 0 radical (unpaired) electrons. The lowest BCUT2D eigenvalue weighted by Gasteiger charge is -2.38. The molecule has 9 heteroatoms. The number of hydrogen-bond donors (Lipinski definition) is 4. The number of rotatable bonds is 18. The molecule has 4 aromatic carbocycles. The molecule has 5 rings (SSSR count). The van der Waals surface area contributed by atoms with E-state index < -0.39 is 6.29 Å². The van der Waals surface area contributed by atoms with Gasteiger partial charge in [-0.3, -0.25) is 19.7 Å². The number of aliphatic hydroxyl groups is 1. The van der Waals surface area contributed by atoms with Crippen LogP contribution in [0.5, 0.6) is 0 Å². The maximum Gasteiger partial charge on any atom is 0.243 e. The zero-order chi connectivity index (χ0) is 35.0. The fourth-order valence-electron chi connectivity index (χ4n) is 6.25. The first-order valence-corrected chi connectivity index (χ1v) is 17.6. The van der Waals surface area contributed by atoms with Crippen LogP contribution in [0.3, 0.4) is 0 Å². The molecule has 1 fully saturated rings. The lowest BCUT2D eigenvalue weighted by Crippen LogP contribution is -2.39. The van der Waals surface area contributed by atoms with Gasteiger partial charge in [0.15, 0.2) is 6.29 Å². The molecule has 264 valence electrons. The van der Waals surface area contributed by atoms with Crippen LogP contribution in [0.15, 0.2) is 109 Å². The summed E-state index contributed by atoms with van der Waals surface area (Å²) in [4.78, 5) is 25.9. The van der Waals surface area contributed by atoms with Crippen molar-refractivity contribution in [1.82, 2.24) is 15.7 Å². The largest absolute Gasteiger partial charge is 0.392 e. The Bertz CT molecular complexity index is 1540. The van der Waals surface area contributed by atoms with Gasteiger partial charge in [-0.15, -0.1) is 0 Å². The number of unbranched alkanes of at least 4 members (excludes halogenated alkanes) is 3. The van der Waals surface area contributed by atoms with Crippen LogP contribution < -0.4 is 10.8 Å². The van der Waals surface area contributed by atoms with Crippen molar-refractivity contribution >= 4 is 11.8 Å². The van der Waals surface area contributed by atoms with Crippen LogP contribution in [0, 0.1) is 0 Å². The van der Waals surface area contributed by atoms with Crippen LogP contribution in [-0.4, -0.2) is 39.7 Å². The number of nitrogens with zero attached hydrogens (tertiary/aromatic N) is 1. The first kappa shape index (κ1) is 36.9. The summed E-state index contributed by atoms with van der Waals surface area (Å²) in [6.07, 6.45) is 3.68. The number of hydrogen-bond acceptors (Lipinski definition) is 7. The molecule has 9 nitrogen and oxygen atoms in total. The molecule has 50 heavy (non-hydrogen) atoms. The average molecular weight is 680 g/mol. The fraction of sp³-hybridized carbons (Fsp3) is 0.366. The first-order chi connectivity index (χ1) is 24.5. The van der Waals surface area contributed by atoms with Crippen LogP contribution in [0.25, 0.3) is 0 Å². The first-order valence-electron chi connectivity index (χ1n) is 17.6. The summed E-state index contributed by atoms with van der Waals surface area (Å²) >= 11 is 0. The van der Waals surface area contributed by atoms with Gasteiger partial charge in [0.25, 0.3) is 0 Å². The number of carbonyl (C=O) groups is 2. The van der Waals surface area contributed by atoms with E-state index in [9.17, 15) is 14.7 Å². The van der Waals surface area contributed by atoms with Crippen molar-refractivity contribution in [1.29, 1.82) is 0 Å². The standard InChI is InChI=1S/C41H49N3O6/c45-30-34-19-21-35(22-20-34)38-25-37(29-44(27-32-11-5-3-6-12-32)28-33-13-7-4-8-14-33)49-41(50-38)36-23-17-31(18-24-36)26-42-39(46)15-9-1-2-10-16-40(47)43-48/h3-8,11-14,17-24,37-38,41,45,48H,1-2,9-10,15-16,25-30H2,(H,42,46)(H,43,47)/t37-,38+,41+/m0/s1. The zero-order valence-corrected chi connectivity index (χ0v) is 28.6. The highest BCUT2D eigenvalue weighted by Crippen LogP contribution is 2.38. The molecule has 4 aromatic rings. The van der Waals surface area contributed by atoms with Gasteiger partial charge in [-0.2, -0.15) is 0 Å². The smallest absolute Gasteiger partial charge is 0.243 e. The third-order valence-electron chi connectivity index (χ3n) is 9.00. The van der Waals surface area contributed by atoms with Crippen LogP contribution >= 0.6 is 0 Å². The number of amides is 2. The van der Waals surface area contributed by atoms with Crippen molar-refractivity contribution in [2.24, 2.45) is 0 Å². The van der Waals surface area contributed by atoms with E-state index in [4.69, 9.17) is 14.7 Å². The molecule has 4 N–H and O–H groups in total. The SMILES string of the molecule is O=C(CCCCCCC(=O)NCc1ccc([C@@H]2O[C@H](CN(Cc3ccccc3)Cc3ccccc3)C[C@H](c3ccc(CO)cc3)O2)cc1)NO. The third kappa shape index (κ3) is 11.9. The Morgan fingerprint density at radius 1 is 0.660 bits per heavy atom. The highest BCUT2D eigenvalue weighted by atomic mass is 16.7. The van der Waals surface area contributed by atoms with Crippen molar-refractivity contribution in [2.45, 2.75) is 89.7 Å². The highest BCUT2D eigenvalue weighted by molar-refractivity contribution is 5.75. The minimum atomic E-state index is -0.571. The topological polar surface area (TPSA) is 120 Å². The predicted octanol–water partition coefficient (Wildman–Crippen LogP) is 6.89. The number of benzene rings is 4. The van der Waals surface area contributed by atoms with E-state index in [-0.39, 0.29) is 37.0 Å². The molecule has 0 aliphatic carbocycles. The van der Waals surface area contributed by atoms with Gasteiger partial charge in [-0.25, -0.2) is 5.48 Å². The molecule has 0 unspecified atom stereocenters. The molecule has 1 saturated heterocycles. The second kappa shape index (κ2) is 19.7. The summed E-state index contributed by atoms with van der Waals surface area (Å²) < 4.78 is 13.3. The Morgan fingerprint density at radius 3 is 1.80 bits per heavy atom. The molecule has 0 bridgehead atoms. The van der Waals surface area contributed by atoms with Gasteiger partial charge in [0.1, 0.15) is 0 Å². The summed E-state index contributed by atoms with van der Waals surface area (Å²) in [6, 6.07) is 37.0. The minimum Gasteiger partial charge on any atom is -0.392 e. The molecule has 1 aliphatic heterocycles. The molecule has 3 atom stereocenters. The number of hydroxylamine groups is 1. The lowest BCUT2D eigenvalue weighted by molar-refractivity contribution is -0.253. The minimum absolute atomic E-state index is 0.00501. The number of nitrogens with one attached hydrogen (secondary N) is 2. The van der Waals surface area contributed by atoms with Crippen molar-refractivity contribution in [2.75, 3.05) is 6.54 Å².